The first kappa shape index (κ1) is 17.6. The molecule has 0 amide bonds. The summed E-state index contributed by atoms with van der Waals surface area (Å²) in [6.45, 7) is 0. The number of ether oxygens (including phenoxy) is 1. The molecule has 4 rings (SSSR count). The number of hydrogen-bond donors (Lipinski definition) is 1. The fraction of sp³-hybridized carbons (Fsp3) is 0.111. The van der Waals surface area contributed by atoms with E-state index >= 15 is 0 Å². The average molecular weight is 400 g/mol. The number of aromatic amines is 1. The van der Waals surface area contributed by atoms with E-state index < -0.39 is 0 Å². The van der Waals surface area contributed by atoms with Gasteiger partial charge in [0.2, 0.25) is 16.9 Å². The fourth-order valence-corrected chi connectivity index (χ4v) is 3.24. The zero-order valence-electron chi connectivity index (χ0n) is 14.2. The second-order valence-electron chi connectivity index (χ2n) is 5.48. The molecule has 0 saturated heterocycles. The summed E-state index contributed by atoms with van der Waals surface area (Å²) >= 11 is 7.56. The van der Waals surface area contributed by atoms with Crippen LogP contribution < -0.4 is 4.74 Å². The van der Waals surface area contributed by atoms with Crippen molar-refractivity contribution in [3.05, 3.63) is 59.4 Å². The highest BCUT2D eigenvalue weighted by Gasteiger charge is 2.13. The van der Waals surface area contributed by atoms with E-state index in [0.29, 0.717) is 33.5 Å². The summed E-state index contributed by atoms with van der Waals surface area (Å²) in [6.07, 6.45) is 0. The second kappa shape index (κ2) is 7.81. The molecule has 0 fully saturated rings. The Kier molecular flexibility index (Phi) is 5.08. The summed E-state index contributed by atoms with van der Waals surface area (Å²) in [5.41, 5.74) is 1.66. The molecule has 0 unspecified atom stereocenters. The van der Waals surface area contributed by atoms with Crippen molar-refractivity contribution in [3.63, 3.8) is 0 Å². The van der Waals surface area contributed by atoms with Crippen molar-refractivity contribution in [2.24, 2.45) is 0 Å². The predicted molar refractivity (Wildman–Crippen MR) is 103 cm³/mol. The zero-order valence-corrected chi connectivity index (χ0v) is 15.8. The van der Waals surface area contributed by atoms with Crippen LogP contribution in [0.4, 0.5) is 0 Å². The molecule has 0 aliphatic carbocycles. The lowest BCUT2D eigenvalue weighted by Crippen LogP contribution is -1.85. The average Bonchev–Trinajstić information content (AvgIpc) is 3.36. The van der Waals surface area contributed by atoms with Gasteiger partial charge in [-0.2, -0.15) is 4.98 Å². The summed E-state index contributed by atoms with van der Waals surface area (Å²) < 4.78 is 10.4. The maximum atomic E-state index is 6.16. The lowest BCUT2D eigenvalue weighted by molar-refractivity contribution is 0.391. The molecule has 0 radical (unpaired) electrons. The van der Waals surface area contributed by atoms with Gasteiger partial charge in [0, 0.05) is 11.1 Å². The predicted octanol–water partition coefficient (Wildman–Crippen LogP) is 4.48. The Morgan fingerprint density at radius 2 is 1.93 bits per heavy atom. The van der Waals surface area contributed by atoms with Crippen molar-refractivity contribution in [2.75, 3.05) is 7.11 Å². The minimum absolute atomic E-state index is 0.456. The monoisotopic (exact) mass is 399 g/mol. The Hall–Kier alpha value is -2.84. The molecule has 4 aromatic rings. The van der Waals surface area contributed by atoms with Gasteiger partial charge in [0.25, 0.3) is 0 Å². The van der Waals surface area contributed by atoms with Crippen molar-refractivity contribution in [3.8, 4) is 28.5 Å². The topological polar surface area (TPSA) is 89.7 Å². The van der Waals surface area contributed by atoms with Gasteiger partial charge in [-0.25, -0.2) is 4.98 Å². The number of methoxy groups -OCH3 is 1. The standard InChI is InChI=1S/C18H14ClN5O2S/c1-25-12-8-6-11(7-9-12)16-21-18(23-22-16)27-10-15-20-17(24-26-15)13-4-2-3-5-14(13)19/h2-9H,10H2,1H3,(H,21,22,23). The normalized spacial score (nSPS) is 10.9. The first-order valence-electron chi connectivity index (χ1n) is 8.00. The molecule has 9 heteroatoms. The van der Waals surface area contributed by atoms with Gasteiger partial charge in [0.15, 0.2) is 5.82 Å². The van der Waals surface area contributed by atoms with Crippen molar-refractivity contribution < 1.29 is 9.26 Å². The van der Waals surface area contributed by atoms with Gasteiger partial charge >= 0.3 is 0 Å². The number of nitrogens with zero attached hydrogens (tertiary/aromatic N) is 4. The van der Waals surface area contributed by atoms with Crippen LogP contribution in [0.1, 0.15) is 5.89 Å². The number of aromatic nitrogens is 5. The second-order valence-corrected chi connectivity index (χ2v) is 6.83. The SMILES string of the molecule is COc1ccc(-c2nc(SCc3nc(-c4ccccc4Cl)no3)n[nH]2)cc1. The van der Waals surface area contributed by atoms with Crippen LogP contribution in [0, 0.1) is 0 Å². The van der Waals surface area contributed by atoms with Crippen LogP contribution in [-0.2, 0) is 5.75 Å². The maximum Gasteiger partial charge on any atom is 0.237 e. The summed E-state index contributed by atoms with van der Waals surface area (Å²) in [5, 5.41) is 12.3. The Bertz CT molecular complexity index is 1050. The van der Waals surface area contributed by atoms with Gasteiger partial charge in [-0.05, 0) is 36.4 Å². The Morgan fingerprint density at radius 1 is 1.11 bits per heavy atom. The highest BCUT2D eigenvalue weighted by molar-refractivity contribution is 7.98. The van der Waals surface area contributed by atoms with Crippen LogP contribution >= 0.6 is 23.4 Å². The third kappa shape index (κ3) is 3.96. The first-order valence-corrected chi connectivity index (χ1v) is 9.36. The Balaban J connectivity index is 1.42. The highest BCUT2D eigenvalue weighted by Crippen LogP contribution is 2.27. The van der Waals surface area contributed by atoms with E-state index in [1.165, 1.54) is 11.8 Å². The molecular formula is C18H14ClN5O2S. The van der Waals surface area contributed by atoms with Crippen LogP contribution in [0.3, 0.4) is 0 Å². The molecule has 2 heterocycles. The molecule has 27 heavy (non-hydrogen) atoms. The number of nitrogens with one attached hydrogen (secondary N) is 1. The number of H-pyrrole nitrogens is 1. The molecule has 2 aromatic heterocycles. The van der Waals surface area contributed by atoms with Crippen LogP contribution in [-0.4, -0.2) is 32.4 Å². The molecule has 0 aliphatic rings. The van der Waals surface area contributed by atoms with Crippen LogP contribution in [0.15, 0.2) is 58.2 Å². The highest BCUT2D eigenvalue weighted by atomic mass is 35.5. The molecule has 0 saturated carbocycles. The quantitative estimate of drug-likeness (QED) is 0.478. The number of benzene rings is 2. The first-order chi connectivity index (χ1) is 13.2. The molecule has 136 valence electrons. The van der Waals surface area contributed by atoms with Gasteiger partial charge in [0.1, 0.15) is 5.75 Å². The molecule has 2 aromatic carbocycles. The van der Waals surface area contributed by atoms with Crippen LogP contribution in [0.2, 0.25) is 5.02 Å². The molecule has 0 spiro atoms. The largest absolute Gasteiger partial charge is 0.497 e. The van der Waals surface area contributed by atoms with Gasteiger partial charge in [-0.1, -0.05) is 40.7 Å². The fourth-order valence-electron chi connectivity index (χ4n) is 2.38. The van der Waals surface area contributed by atoms with Gasteiger partial charge in [0.05, 0.1) is 17.9 Å². The Morgan fingerprint density at radius 3 is 2.70 bits per heavy atom. The third-order valence-corrected chi connectivity index (χ3v) is 4.90. The number of halogens is 1. The summed E-state index contributed by atoms with van der Waals surface area (Å²) in [4.78, 5) is 8.85. The van der Waals surface area contributed by atoms with Crippen molar-refractivity contribution in [2.45, 2.75) is 10.9 Å². The number of hydrogen-bond acceptors (Lipinski definition) is 7. The van der Waals surface area contributed by atoms with Crippen LogP contribution in [0.5, 0.6) is 5.75 Å². The minimum atomic E-state index is 0.456. The van der Waals surface area contributed by atoms with E-state index in [-0.39, 0.29) is 0 Å². The van der Waals surface area contributed by atoms with Gasteiger partial charge in [-0.3, -0.25) is 5.10 Å². The van der Waals surface area contributed by atoms with Crippen molar-refractivity contribution in [1.29, 1.82) is 0 Å². The van der Waals surface area contributed by atoms with E-state index in [1.54, 1.807) is 13.2 Å². The summed E-state index contributed by atoms with van der Waals surface area (Å²) in [7, 11) is 1.63. The summed E-state index contributed by atoms with van der Waals surface area (Å²) in [5.74, 6) is 2.87. The van der Waals surface area contributed by atoms with E-state index in [1.807, 2.05) is 42.5 Å². The van der Waals surface area contributed by atoms with E-state index in [9.17, 15) is 0 Å². The minimum Gasteiger partial charge on any atom is -0.497 e. The van der Waals surface area contributed by atoms with Crippen LogP contribution in [0.25, 0.3) is 22.8 Å². The molecule has 0 aliphatic heterocycles. The third-order valence-electron chi connectivity index (χ3n) is 3.74. The lowest BCUT2D eigenvalue weighted by atomic mass is 10.2. The molecule has 1 N–H and O–H groups in total. The summed E-state index contributed by atoms with van der Waals surface area (Å²) in [6, 6.07) is 14.9. The molecule has 0 bridgehead atoms. The van der Waals surface area contributed by atoms with Gasteiger partial charge in [-0.15, -0.1) is 5.10 Å². The van der Waals surface area contributed by atoms with E-state index in [2.05, 4.69) is 25.3 Å². The smallest absolute Gasteiger partial charge is 0.237 e. The lowest BCUT2D eigenvalue weighted by Gasteiger charge is -1.99. The van der Waals surface area contributed by atoms with E-state index in [4.69, 9.17) is 20.9 Å². The number of thioether (sulfide) groups is 1. The van der Waals surface area contributed by atoms with Gasteiger partial charge < -0.3 is 9.26 Å². The van der Waals surface area contributed by atoms with E-state index in [0.717, 1.165) is 16.9 Å². The van der Waals surface area contributed by atoms with Crippen molar-refractivity contribution in [1.82, 2.24) is 25.3 Å². The maximum absolute atomic E-state index is 6.16. The molecule has 0 atom stereocenters. The number of rotatable bonds is 6. The molecule has 7 nitrogen and oxygen atoms in total. The zero-order chi connectivity index (χ0) is 18.6. The Labute approximate surface area is 164 Å². The van der Waals surface area contributed by atoms with Crippen molar-refractivity contribution >= 4 is 23.4 Å². The molecular weight excluding hydrogens is 386 g/mol.